The Bertz CT molecular complexity index is 1660. The van der Waals surface area contributed by atoms with Gasteiger partial charge in [0.15, 0.2) is 0 Å². The molecule has 9 nitrogen and oxygen atoms in total. The van der Waals surface area contributed by atoms with Crippen LogP contribution in [0.3, 0.4) is 0 Å². The number of amides is 3. The number of benzene rings is 2. The van der Waals surface area contributed by atoms with Gasteiger partial charge in [-0.05, 0) is 48.3 Å². The molecular weight excluding hydrogens is 537 g/mol. The first-order valence-corrected chi connectivity index (χ1v) is 14.0. The number of Topliss-reactive ketones (excluding diaryl/α,β-unsaturated/α-hetero) is 1. The first kappa shape index (κ1) is 27.2. The molecule has 2 aliphatic heterocycles. The molecule has 3 aliphatic rings. The van der Waals surface area contributed by atoms with E-state index in [9.17, 15) is 19.2 Å². The number of halogens is 1. The van der Waals surface area contributed by atoms with Crippen LogP contribution in [0.5, 0.6) is 0 Å². The van der Waals surface area contributed by atoms with E-state index in [0.29, 0.717) is 18.5 Å². The summed E-state index contributed by atoms with van der Waals surface area (Å²) in [4.78, 5) is 58.0. The van der Waals surface area contributed by atoms with Gasteiger partial charge in [-0.25, -0.2) is 4.39 Å². The Balaban J connectivity index is 1.11. The van der Waals surface area contributed by atoms with E-state index >= 15 is 4.39 Å². The molecule has 0 spiro atoms. The SMILES string of the molecule is O=C(NCCC1=CNC2CC=CC=C12)c1ccc(F)c2c(C(=O)C(=O)N3CCN(C(=O)c4ccccc4)CC3)c[nH]c12. The zero-order valence-electron chi connectivity index (χ0n) is 22.9. The van der Waals surface area contributed by atoms with Crippen LogP contribution in [0.25, 0.3) is 10.9 Å². The van der Waals surface area contributed by atoms with Gasteiger partial charge in [0.25, 0.3) is 23.5 Å². The fourth-order valence-electron chi connectivity index (χ4n) is 5.74. The first-order chi connectivity index (χ1) is 20.4. The second-order valence-electron chi connectivity index (χ2n) is 10.5. The predicted octanol–water partition coefficient (Wildman–Crippen LogP) is 3.34. The molecule has 1 aliphatic carbocycles. The van der Waals surface area contributed by atoms with Gasteiger partial charge in [0.1, 0.15) is 5.82 Å². The van der Waals surface area contributed by atoms with Crippen LogP contribution in [0.15, 0.2) is 84.2 Å². The van der Waals surface area contributed by atoms with Crippen molar-refractivity contribution in [3.05, 3.63) is 107 Å². The van der Waals surface area contributed by atoms with Gasteiger partial charge in [0.05, 0.1) is 22.7 Å². The minimum atomic E-state index is -0.870. The number of H-pyrrole nitrogens is 1. The van der Waals surface area contributed by atoms with E-state index in [1.54, 1.807) is 29.2 Å². The highest BCUT2D eigenvalue weighted by molar-refractivity contribution is 6.45. The molecule has 10 heteroatoms. The molecule has 3 N–H and O–H groups in total. The number of carbonyl (C=O) groups is 4. The summed E-state index contributed by atoms with van der Waals surface area (Å²) < 4.78 is 15.0. The van der Waals surface area contributed by atoms with Crippen LogP contribution in [0.4, 0.5) is 4.39 Å². The van der Waals surface area contributed by atoms with Crippen molar-refractivity contribution in [2.24, 2.45) is 0 Å². The molecular formula is C32H30FN5O4. The van der Waals surface area contributed by atoms with Gasteiger partial charge in [-0.3, -0.25) is 19.2 Å². The third kappa shape index (κ3) is 5.11. The number of piperazine rings is 1. The summed E-state index contributed by atoms with van der Waals surface area (Å²) >= 11 is 0. The summed E-state index contributed by atoms with van der Waals surface area (Å²) in [6.07, 6.45) is 11.0. The number of allylic oxidation sites excluding steroid dienone is 2. The van der Waals surface area contributed by atoms with Crippen molar-refractivity contribution in [3.8, 4) is 0 Å². The molecule has 1 aromatic heterocycles. The molecule has 1 atom stereocenters. The normalized spacial score (nSPS) is 17.8. The number of hydrogen-bond acceptors (Lipinski definition) is 5. The fraction of sp³-hybridized carbons (Fsp3) is 0.250. The predicted molar refractivity (Wildman–Crippen MR) is 155 cm³/mol. The number of nitrogens with one attached hydrogen (secondary N) is 3. The lowest BCUT2D eigenvalue weighted by molar-refractivity contribution is -0.127. The summed E-state index contributed by atoms with van der Waals surface area (Å²) in [7, 11) is 0. The number of nitrogens with zero attached hydrogens (tertiary/aromatic N) is 2. The van der Waals surface area contributed by atoms with Gasteiger partial charge in [0.2, 0.25) is 0 Å². The largest absolute Gasteiger partial charge is 0.384 e. The molecule has 3 heterocycles. The van der Waals surface area contributed by atoms with Gasteiger partial charge in [-0.2, -0.15) is 0 Å². The second kappa shape index (κ2) is 11.5. The number of ketones is 1. The van der Waals surface area contributed by atoms with Crippen molar-refractivity contribution in [3.63, 3.8) is 0 Å². The van der Waals surface area contributed by atoms with Gasteiger partial charge in [-0.1, -0.05) is 36.4 Å². The molecule has 3 aromatic rings. The summed E-state index contributed by atoms with van der Waals surface area (Å²) in [5.74, 6) is -2.90. The number of hydrogen-bond donors (Lipinski definition) is 3. The number of carbonyl (C=O) groups excluding carboxylic acids is 4. The lowest BCUT2D eigenvalue weighted by atomic mass is 9.94. The highest BCUT2D eigenvalue weighted by Crippen LogP contribution is 2.28. The van der Waals surface area contributed by atoms with Crippen molar-refractivity contribution >= 4 is 34.4 Å². The summed E-state index contributed by atoms with van der Waals surface area (Å²) in [5.41, 5.74) is 3.12. The van der Waals surface area contributed by atoms with Crippen LogP contribution in [0, 0.1) is 5.82 Å². The van der Waals surface area contributed by atoms with Crippen molar-refractivity contribution in [1.29, 1.82) is 0 Å². The smallest absolute Gasteiger partial charge is 0.295 e. The molecule has 1 unspecified atom stereocenters. The van der Waals surface area contributed by atoms with Gasteiger partial charge < -0.3 is 25.4 Å². The third-order valence-electron chi connectivity index (χ3n) is 8.01. The quantitative estimate of drug-likeness (QED) is 0.299. The molecule has 1 fully saturated rings. The van der Waals surface area contributed by atoms with E-state index in [0.717, 1.165) is 18.1 Å². The van der Waals surface area contributed by atoms with Crippen LogP contribution in [0.1, 0.15) is 43.9 Å². The molecule has 0 radical (unpaired) electrons. The summed E-state index contributed by atoms with van der Waals surface area (Å²) in [5, 5.41) is 6.14. The molecule has 6 rings (SSSR count). The molecule has 0 bridgehead atoms. The van der Waals surface area contributed by atoms with Crippen LogP contribution >= 0.6 is 0 Å². The van der Waals surface area contributed by atoms with Crippen LogP contribution in [-0.2, 0) is 4.79 Å². The van der Waals surface area contributed by atoms with Crippen LogP contribution < -0.4 is 10.6 Å². The average molecular weight is 568 g/mol. The number of aromatic nitrogens is 1. The van der Waals surface area contributed by atoms with E-state index in [4.69, 9.17) is 0 Å². The van der Waals surface area contributed by atoms with Crippen LogP contribution in [0.2, 0.25) is 0 Å². The third-order valence-corrected chi connectivity index (χ3v) is 8.01. The summed E-state index contributed by atoms with van der Waals surface area (Å²) in [6, 6.07) is 11.6. The number of fused-ring (bicyclic) bond motifs is 2. The van der Waals surface area contributed by atoms with E-state index < -0.39 is 23.4 Å². The number of rotatable bonds is 7. The van der Waals surface area contributed by atoms with Gasteiger partial charge in [0, 0.05) is 56.1 Å². The first-order valence-electron chi connectivity index (χ1n) is 14.0. The van der Waals surface area contributed by atoms with E-state index in [2.05, 4.69) is 27.8 Å². The maximum Gasteiger partial charge on any atom is 0.295 e. The Morgan fingerprint density at radius 3 is 2.50 bits per heavy atom. The summed E-state index contributed by atoms with van der Waals surface area (Å²) in [6.45, 7) is 1.30. The Hall–Kier alpha value is -4.99. The van der Waals surface area contributed by atoms with E-state index in [-0.39, 0.29) is 60.2 Å². The maximum absolute atomic E-state index is 15.0. The van der Waals surface area contributed by atoms with E-state index in [1.165, 1.54) is 22.7 Å². The zero-order chi connectivity index (χ0) is 29.2. The molecule has 2 aromatic carbocycles. The molecule has 0 saturated carbocycles. The second-order valence-corrected chi connectivity index (χ2v) is 10.5. The van der Waals surface area contributed by atoms with Gasteiger partial charge >= 0.3 is 0 Å². The Kier molecular flexibility index (Phi) is 7.43. The van der Waals surface area contributed by atoms with Crippen molar-refractivity contribution in [2.75, 3.05) is 32.7 Å². The Labute approximate surface area is 241 Å². The topological polar surface area (TPSA) is 115 Å². The minimum absolute atomic E-state index is 0.0939. The molecule has 214 valence electrons. The molecule has 3 amide bonds. The monoisotopic (exact) mass is 567 g/mol. The lowest BCUT2D eigenvalue weighted by Gasteiger charge is -2.34. The minimum Gasteiger partial charge on any atom is -0.384 e. The maximum atomic E-state index is 15.0. The lowest BCUT2D eigenvalue weighted by Crippen LogP contribution is -2.52. The average Bonchev–Trinajstić information content (AvgIpc) is 3.66. The zero-order valence-corrected chi connectivity index (χ0v) is 22.9. The highest BCUT2D eigenvalue weighted by atomic mass is 19.1. The van der Waals surface area contributed by atoms with Gasteiger partial charge in [-0.15, -0.1) is 0 Å². The van der Waals surface area contributed by atoms with Crippen LogP contribution in [-0.4, -0.2) is 77.1 Å². The Morgan fingerprint density at radius 1 is 0.952 bits per heavy atom. The van der Waals surface area contributed by atoms with Crippen molar-refractivity contribution in [2.45, 2.75) is 18.9 Å². The number of aromatic amines is 1. The Morgan fingerprint density at radius 2 is 1.71 bits per heavy atom. The van der Waals surface area contributed by atoms with E-state index in [1.807, 2.05) is 18.3 Å². The fourth-order valence-corrected chi connectivity index (χ4v) is 5.74. The van der Waals surface area contributed by atoms with Crippen molar-refractivity contribution < 1.29 is 23.6 Å². The molecule has 1 saturated heterocycles. The molecule has 42 heavy (non-hydrogen) atoms. The standard InChI is InChI=1S/C32H30FN5O4/c33-25-11-10-23(30(40)34-13-12-21-18-35-26-9-5-4-8-22(21)26)28-27(25)24(19-36-28)29(39)32(42)38-16-14-37(15-17-38)31(41)20-6-2-1-3-7-20/h1-8,10-11,18-19,26,35-36H,9,12-17H2,(H,34,40). The highest BCUT2D eigenvalue weighted by Gasteiger charge is 2.31. The van der Waals surface area contributed by atoms with Crippen molar-refractivity contribution in [1.82, 2.24) is 25.4 Å².